The number of benzene rings is 1. The number of anilines is 2. The highest BCUT2D eigenvalue weighted by Gasteiger charge is 2.29. The van der Waals surface area contributed by atoms with Gasteiger partial charge in [0.05, 0.1) is 6.54 Å². The lowest BCUT2D eigenvalue weighted by Crippen LogP contribution is -2.32. The van der Waals surface area contributed by atoms with E-state index in [1.807, 2.05) is 39.0 Å². The maximum atomic E-state index is 11.9. The smallest absolute Gasteiger partial charge is 0.238 e. The molecule has 0 spiro atoms. The molecule has 2 amide bonds. The van der Waals surface area contributed by atoms with Crippen LogP contribution in [0.15, 0.2) is 18.2 Å². The summed E-state index contributed by atoms with van der Waals surface area (Å²) in [5.74, 6) is 0.151. The summed E-state index contributed by atoms with van der Waals surface area (Å²) < 4.78 is 0. The maximum absolute atomic E-state index is 11.9. The van der Waals surface area contributed by atoms with Crippen LogP contribution in [0.3, 0.4) is 0 Å². The lowest BCUT2D eigenvalue weighted by Gasteiger charge is -2.14. The van der Waals surface area contributed by atoms with Crippen LogP contribution in [0.5, 0.6) is 0 Å². The number of rotatable bonds is 6. The zero-order chi connectivity index (χ0) is 15.4. The van der Waals surface area contributed by atoms with Crippen LogP contribution in [0, 0.1) is 12.8 Å². The molecule has 1 aromatic carbocycles. The second-order valence-corrected chi connectivity index (χ2v) is 5.83. The number of carbonyl (C=O) groups excluding carboxylic acids is 2. The molecule has 1 aliphatic carbocycles. The average Bonchev–Trinajstić information content (AvgIpc) is 3.25. The summed E-state index contributed by atoms with van der Waals surface area (Å²) in [6.07, 6.45) is 1.95. The molecule has 1 fully saturated rings. The predicted molar refractivity (Wildman–Crippen MR) is 84.3 cm³/mol. The van der Waals surface area contributed by atoms with Gasteiger partial charge in [-0.3, -0.25) is 9.59 Å². The van der Waals surface area contributed by atoms with Gasteiger partial charge < -0.3 is 16.0 Å². The molecule has 0 heterocycles. The standard InChI is InChI=1S/C16H23N3O2/c1-10(2)17-9-15(20)18-13-5-4-6-14(11(13)3)19-16(21)12-7-8-12/h4-6,10,12,17H,7-9H2,1-3H3,(H,18,20)(H,19,21). The molecular weight excluding hydrogens is 266 g/mol. The van der Waals surface area contributed by atoms with Crippen molar-refractivity contribution in [1.82, 2.24) is 5.32 Å². The average molecular weight is 289 g/mol. The molecule has 3 N–H and O–H groups in total. The molecular formula is C16H23N3O2. The first-order chi connectivity index (χ1) is 9.97. The van der Waals surface area contributed by atoms with E-state index in [9.17, 15) is 9.59 Å². The van der Waals surface area contributed by atoms with E-state index in [-0.39, 0.29) is 30.3 Å². The zero-order valence-electron chi connectivity index (χ0n) is 12.8. The number of hydrogen-bond acceptors (Lipinski definition) is 3. The van der Waals surface area contributed by atoms with Gasteiger partial charge in [0.25, 0.3) is 0 Å². The van der Waals surface area contributed by atoms with Crippen molar-refractivity contribution < 1.29 is 9.59 Å². The van der Waals surface area contributed by atoms with Gasteiger partial charge in [-0.05, 0) is 37.5 Å². The van der Waals surface area contributed by atoms with Crippen molar-refractivity contribution in [2.75, 3.05) is 17.2 Å². The van der Waals surface area contributed by atoms with Crippen molar-refractivity contribution in [3.8, 4) is 0 Å². The Morgan fingerprint density at radius 2 is 1.81 bits per heavy atom. The SMILES string of the molecule is Cc1c(NC(=O)CNC(C)C)cccc1NC(=O)C1CC1. The maximum Gasteiger partial charge on any atom is 0.238 e. The molecule has 0 bridgehead atoms. The summed E-state index contributed by atoms with van der Waals surface area (Å²) in [6.45, 7) is 6.16. The molecule has 0 aromatic heterocycles. The molecule has 0 unspecified atom stereocenters. The molecule has 1 aromatic rings. The minimum absolute atomic E-state index is 0.0723. The summed E-state index contributed by atoms with van der Waals surface area (Å²) in [5.41, 5.74) is 2.38. The van der Waals surface area contributed by atoms with Gasteiger partial charge in [0.15, 0.2) is 0 Å². The Labute approximate surface area is 125 Å². The zero-order valence-corrected chi connectivity index (χ0v) is 12.8. The minimum Gasteiger partial charge on any atom is -0.326 e. The summed E-state index contributed by atoms with van der Waals surface area (Å²) >= 11 is 0. The Bertz CT molecular complexity index is 536. The Kier molecular flexibility index (Phi) is 4.96. The first kappa shape index (κ1) is 15.5. The highest BCUT2D eigenvalue weighted by atomic mass is 16.2. The van der Waals surface area contributed by atoms with Gasteiger partial charge in [0.1, 0.15) is 0 Å². The Morgan fingerprint density at radius 1 is 1.19 bits per heavy atom. The van der Waals surface area contributed by atoms with E-state index in [4.69, 9.17) is 0 Å². The van der Waals surface area contributed by atoms with Crippen LogP contribution in [0.1, 0.15) is 32.3 Å². The number of hydrogen-bond donors (Lipinski definition) is 3. The Hall–Kier alpha value is -1.88. The Balaban J connectivity index is 1.99. The van der Waals surface area contributed by atoms with Crippen molar-refractivity contribution in [2.45, 2.75) is 39.7 Å². The summed E-state index contributed by atoms with van der Waals surface area (Å²) in [6, 6.07) is 5.80. The van der Waals surface area contributed by atoms with E-state index in [1.165, 1.54) is 0 Å². The first-order valence-corrected chi connectivity index (χ1v) is 7.41. The number of carbonyl (C=O) groups is 2. The van der Waals surface area contributed by atoms with Crippen LogP contribution >= 0.6 is 0 Å². The number of amides is 2. The van der Waals surface area contributed by atoms with E-state index in [2.05, 4.69) is 16.0 Å². The van der Waals surface area contributed by atoms with Gasteiger partial charge in [-0.15, -0.1) is 0 Å². The lowest BCUT2D eigenvalue weighted by atomic mass is 10.1. The first-order valence-electron chi connectivity index (χ1n) is 7.41. The van der Waals surface area contributed by atoms with Gasteiger partial charge in [0, 0.05) is 23.3 Å². The summed E-state index contributed by atoms with van der Waals surface area (Å²) in [4.78, 5) is 23.7. The quantitative estimate of drug-likeness (QED) is 0.752. The molecule has 1 aliphatic rings. The fourth-order valence-electron chi connectivity index (χ4n) is 1.98. The van der Waals surface area contributed by atoms with Crippen molar-refractivity contribution in [1.29, 1.82) is 0 Å². The summed E-state index contributed by atoms with van der Waals surface area (Å²) in [5, 5.41) is 8.87. The van der Waals surface area contributed by atoms with Gasteiger partial charge in [-0.2, -0.15) is 0 Å². The van der Waals surface area contributed by atoms with E-state index in [0.717, 1.165) is 29.8 Å². The van der Waals surface area contributed by atoms with Gasteiger partial charge in [-0.1, -0.05) is 19.9 Å². The van der Waals surface area contributed by atoms with Crippen LogP contribution in [0.4, 0.5) is 11.4 Å². The van der Waals surface area contributed by atoms with Crippen LogP contribution in [0.25, 0.3) is 0 Å². The second kappa shape index (κ2) is 6.72. The molecule has 0 atom stereocenters. The molecule has 114 valence electrons. The third-order valence-electron chi connectivity index (χ3n) is 3.48. The van der Waals surface area contributed by atoms with Gasteiger partial charge >= 0.3 is 0 Å². The molecule has 5 nitrogen and oxygen atoms in total. The summed E-state index contributed by atoms with van der Waals surface area (Å²) in [7, 11) is 0. The number of nitrogens with one attached hydrogen (secondary N) is 3. The van der Waals surface area contributed by atoms with Gasteiger partial charge in [-0.25, -0.2) is 0 Å². The van der Waals surface area contributed by atoms with Crippen LogP contribution in [-0.2, 0) is 9.59 Å². The van der Waals surface area contributed by atoms with Crippen LogP contribution in [0.2, 0.25) is 0 Å². The van der Waals surface area contributed by atoms with E-state index in [1.54, 1.807) is 0 Å². The monoisotopic (exact) mass is 289 g/mol. The highest BCUT2D eigenvalue weighted by molar-refractivity contribution is 5.97. The fourth-order valence-corrected chi connectivity index (χ4v) is 1.98. The molecule has 0 aliphatic heterocycles. The fraction of sp³-hybridized carbons (Fsp3) is 0.500. The third-order valence-corrected chi connectivity index (χ3v) is 3.48. The van der Waals surface area contributed by atoms with Crippen LogP contribution in [-0.4, -0.2) is 24.4 Å². The topological polar surface area (TPSA) is 70.2 Å². The predicted octanol–water partition coefficient (Wildman–Crippen LogP) is 2.28. The van der Waals surface area contributed by atoms with Gasteiger partial charge in [0.2, 0.25) is 11.8 Å². The molecule has 0 saturated heterocycles. The van der Waals surface area contributed by atoms with Crippen molar-refractivity contribution in [2.24, 2.45) is 5.92 Å². The third kappa shape index (κ3) is 4.56. The van der Waals surface area contributed by atoms with Crippen molar-refractivity contribution in [3.05, 3.63) is 23.8 Å². The largest absolute Gasteiger partial charge is 0.326 e. The van der Waals surface area contributed by atoms with Crippen molar-refractivity contribution >= 4 is 23.2 Å². The molecule has 21 heavy (non-hydrogen) atoms. The highest BCUT2D eigenvalue weighted by Crippen LogP contribution is 2.31. The Morgan fingerprint density at radius 3 is 2.38 bits per heavy atom. The van der Waals surface area contributed by atoms with Crippen molar-refractivity contribution in [3.63, 3.8) is 0 Å². The van der Waals surface area contributed by atoms with E-state index < -0.39 is 0 Å². The lowest BCUT2D eigenvalue weighted by molar-refractivity contribution is -0.117. The van der Waals surface area contributed by atoms with E-state index in [0.29, 0.717) is 0 Å². The van der Waals surface area contributed by atoms with Crippen LogP contribution < -0.4 is 16.0 Å². The second-order valence-electron chi connectivity index (χ2n) is 5.83. The molecule has 1 saturated carbocycles. The molecule has 2 rings (SSSR count). The molecule has 5 heteroatoms. The molecule has 0 radical (unpaired) electrons. The minimum atomic E-state index is -0.0857. The normalized spacial score (nSPS) is 14.1. The van der Waals surface area contributed by atoms with E-state index >= 15 is 0 Å².